The third-order valence-electron chi connectivity index (χ3n) is 5.44. The summed E-state index contributed by atoms with van der Waals surface area (Å²) < 4.78 is 15.1. The number of carbonyl (C=O) groups is 1. The standard InChI is InChI=1S/C26H24ClFN4OS/c1-17-8-9-18(2)23(14-17)32-25(21-6-4-5-7-22(21)27)29-30-26(32)34-16-24(33)31(3)15-19-10-12-20(28)13-11-19/h4-14H,15-16H2,1-3H3. The van der Waals surface area contributed by atoms with Crippen molar-refractivity contribution in [3.63, 3.8) is 0 Å². The van der Waals surface area contributed by atoms with Crippen molar-refractivity contribution in [1.29, 1.82) is 0 Å². The monoisotopic (exact) mass is 494 g/mol. The lowest BCUT2D eigenvalue weighted by Gasteiger charge is -2.18. The fourth-order valence-corrected chi connectivity index (χ4v) is 4.65. The maximum Gasteiger partial charge on any atom is 0.233 e. The van der Waals surface area contributed by atoms with Crippen LogP contribution in [0.4, 0.5) is 4.39 Å². The molecule has 1 aromatic heterocycles. The number of rotatable bonds is 7. The molecule has 0 spiro atoms. The van der Waals surface area contributed by atoms with Crippen molar-refractivity contribution < 1.29 is 9.18 Å². The minimum atomic E-state index is -0.298. The number of aromatic nitrogens is 3. The van der Waals surface area contributed by atoms with E-state index in [2.05, 4.69) is 28.4 Å². The van der Waals surface area contributed by atoms with E-state index in [0.29, 0.717) is 22.5 Å². The molecule has 0 bridgehead atoms. The molecule has 0 aliphatic rings. The zero-order valence-corrected chi connectivity index (χ0v) is 20.7. The van der Waals surface area contributed by atoms with E-state index in [1.165, 1.54) is 23.9 Å². The summed E-state index contributed by atoms with van der Waals surface area (Å²) in [5.41, 5.74) is 4.73. The molecule has 0 fully saturated rings. The van der Waals surface area contributed by atoms with Gasteiger partial charge in [-0.15, -0.1) is 10.2 Å². The molecular formula is C26H24ClFN4OS. The number of thioether (sulfide) groups is 1. The molecule has 1 heterocycles. The second kappa shape index (κ2) is 10.4. The smallest absolute Gasteiger partial charge is 0.233 e. The quantitative estimate of drug-likeness (QED) is 0.291. The van der Waals surface area contributed by atoms with Gasteiger partial charge in [0.25, 0.3) is 0 Å². The molecule has 174 valence electrons. The van der Waals surface area contributed by atoms with Crippen molar-refractivity contribution in [2.45, 2.75) is 25.5 Å². The molecular weight excluding hydrogens is 471 g/mol. The van der Waals surface area contributed by atoms with Crippen LogP contribution in [-0.2, 0) is 11.3 Å². The highest BCUT2D eigenvalue weighted by Crippen LogP contribution is 2.33. The van der Waals surface area contributed by atoms with Crippen molar-refractivity contribution in [1.82, 2.24) is 19.7 Å². The van der Waals surface area contributed by atoms with Gasteiger partial charge in [0.05, 0.1) is 16.5 Å². The minimum absolute atomic E-state index is 0.0656. The summed E-state index contributed by atoms with van der Waals surface area (Å²) >= 11 is 7.80. The fourth-order valence-electron chi connectivity index (χ4n) is 3.55. The molecule has 0 aliphatic heterocycles. The van der Waals surface area contributed by atoms with Gasteiger partial charge >= 0.3 is 0 Å². The summed E-state index contributed by atoms with van der Waals surface area (Å²) in [6, 6.07) is 19.8. The van der Waals surface area contributed by atoms with E-state index in [-0.39, 0.29) is 17.5 Å². The molecule has 5 nitrogen and oxygen atoms in total. The number of halogens is 2. The van der Waals surface area contributed by atoms with Crippen LogP contribution in [0.5, 0.6) is 0 Å². The summed E-state index contributed by atoms with van der Waals surface area (Å²) in [6.45, 7) is 4.46. The normalized spacial score (nSPS) is 11.0. The summed E-state index contributed by atoms with van der Waals surface area (Å²) in [5, 5.41) is 10.0. The highest BCUT2D eigenvalue weighted by Gasteiger charge is 2.21. The van der Waals surface area contributed by atoms with Gasteiger partial charge in [-0.25, -0.2) is 4.39 Å². The number of nitrogens with zero attached hydrogens (tertiary/aromatic N) is 4. The predicted octanol–water partition coefficient (Wildman–Crippen LogP) is 6.09. The number of aryl methyl sites for hydroxylation is 2. The van der Waals surface area contributed by atoms with Crippen molar-refractivity contribution in [2.24, 2.45) is 0 Å². The molecule has 8 heteroatoms. The summed E-state index contributed by atoms with van der Waals surface area (Å²) in [4.78, 5) is 14.5. The lowest BCUT2D eigenvalue weighted by atomic mass is 10.1. The van der Waals surface area contributed by atoms with Crippen LogP contribution < -0.4 is 0 Å². The van der Waals surface area contributed by atoms with Gasteiger partial charge in [0.2, 0.25) is 5.91 Å². The molecule has 34 heavy (non-hydrogen) atoms. The first kappa shape index (κ1) is 24.0. The van der Waals surface area contributed by atoms with Gasteiger partial charge in [-0.2, -0.15) is 0 Å². The minimum Gasteiger partial charge on any atom is -0.341 e. The average Bonchev–Trinajstić information content (AvgIpc) is 3.24. The third kappa shape index (κ3) is 5.32. The molecule has 0 aliphatic carbocycles. The number of benzene rings is 3. The van der Waals surface area contributed by atoms with Crippen LogP contribution in [0.1, 0.15) is 16.7 Å². The largest absolute Gasteiger partial charge is 0.341 e. The first-order chi connectivity index (χ1) is 16.3. The first-order valence-corrected chi connectivity index (χ1v) is 12.1. The Kier molecular flexibility index (Phi) is 7.34. The molecule has 0 unspecified atom stereocenters. The van der Waals surface area contributed by atoms with Crippen LogP contribution in [0.15, 0.2) is 71.9 Å². The van der Waals surface area contributed by atoms with Gasteiger partial charge < -0.3 is 4.90 Å². The second-order valence-corrected chi connectivity index (χ2v) is 9.43. The molecule has 1 amide bonds. The van der Waals surface area contributed by atoms with Crippen molar-refractivity contribution in [2.75, 3.05) is 12.8 Å². The fraction of sp³-hybridized carbons (Fsp3) is 0.192. The van der Waals surface area contributed by atoms with Gasteiger partial charge in [0.15, 0.2) is 11.0 Å². The first-order valence-electron chi connectivity index (χ1n) is 10.7. The molecule has 3 aromatic carbocycles. The second-order valence-electron chi connectivity index (χ2n) is 8.08. The van der Waals surface area contributed by atoms with Gasteiger partial charge in [0, 0.05) is 19.2 Å². The van der Waals surface area contributed by atoms with E-state index < -0.39 is 0 Å². The Hall–Kier alpha value is -3.16. The van der Waals surface area contributed by atoms with Crippen molar-refractivity contribution in [3.05, 3.63) is 94.3 Å². The Bertz CT molecular complexity index is 1320. The number of hydrogen-bond donors (Lipinski definition) is 0. The van der Waals surface area contributed by atoms with Crippen molar-refractivity contribution in [3.8, 4) is 17.1 Å². The Labute approximate surface area is 207 Å². The van der Waals surface area contributed by atoms with Gasteiger partial charge in [-0.1, -0.05) is 59.8 Å². The van der Waals surface area contributed by atoms with Gasteiger partial charge in [0.1, 0.15) is 5.82 Å². The average molecular weight is 495 g/mol. The summed E-state index contributed by atoms with van der Waals surface area (Å²) in [6.07, 6.45) is 0. The van der Waals surface area contributed by atoms with Crippen LogP contribution in [0.3, 0.4) is 0 Å². The van der Waals surface area contributed by atoms with E-state index in [1.54, 1.807) is 24.1 Å². The number of amides is 1. The van der Waals surface area contributed by atoms with Crippen LogP contribution >= 0.6 is 23.4 Å². The van der Waals surface area contributed by atoms with E-state index >= 15 is 0 Å². The maximum atomic E-state index is 13.2. The Morgan fingerprint density at radius 2 is 1.79 bits per heavy atom. The van der Waals surface area contributed by atoms with Crippen molar-refractivity contribution >= 4 is 29.3 Å². The molecule has 4 aromatic rings. The van der Waals surface area contributed by atoms with E-state index in [4.69, 9.17) is 11.6 Å². The van der Waals surface area contributed by atoms with Crippen LogP contribution in [0.25, 0.3) is 17.1 Å². The highest BCUT2D eigenvalue weighted by atomic mass is 35.5. The Morgan fingerprint density at radius 3 is 2.53 bits per heavy atom. The maximum absolute atomic E-state index is 13.2. The lowest BCUT2D eigenvalue weighted by Crippen LogP contribution is -2.27. The molecule has 0 saturated carbocycles. The van der Waals surface area contributed by atoms with E-state index in [9.17, 15) is 9.18 Å². The zero-order chi connectivity index (χ0) is 24.2. The number of carbonyl (C=O) groups excluding carboxylic acids is 1. The van der Waals surface area contributed by atoms with Crippen LogP contribution in [-0.4, -0.2) is 38.4 Å². The highest BCUT2D eigenvalue weighted by molar-refractivity contribution is 7.99. The van der Waals surface area contributed by atoms with E-state index in [1.807, 2.05) is 42.7 Å². The van der Waals surface area contributed by atoms with E-state index in [0.717, 1.165) is 27.9 Å². The van der Waals surface area contributed by atoms with Gasteiger partial charge in [-0.3, -0.25) is 9.36 Å². The third-order valence-corrected chi connectivity index (χ3v) is 6.68. The SMILES string of the molecule is Cc1ccc(C)c(-n2c(SCC(=O)N(C)Cc3ccc(F)cc3)nnc2-c2ccccc2Cl)c1. The van der Waals surface area contributed by atoms with Crippen LogP contribution in [0, 0.1) is 19.7 Å². The topological polar surface area (TPSA) is 51.0 Å². The van der Waals surface area contributed by atoms with Crippen LogP contribution in [0.2, 0.25) is 5.02 Å². The zero-order valence-electron chi connectivity index (χ0n) is 19.1. The molecule has 0 N–H and O–H groups in total. The summed E-state index contributed by atoms with van der Waals surface area (Å²) in [5.74, 6) is 0.440. The summed E-state index contributed by atoms with van der Waals surface area (Å²) in [7, 11) is 1.73. The van der Waals surface area contributed by atoms with Gasteiger partial charge in [-0.05, 0) is 60.9 Å². The number of hydrogen-bond acceptors (Lipinski definition) is 4. The molecule has 0 radical (unpaired) electrons. The molecule has 0 saturated heterocycles. The Morgan fingerprint density at radius 1 is 1.06 bits per heavy atom. The molecule has 0 atom stereocenters. The molecule has 4 rings (SSSR count). The Balaban J connectivity index is 1.62. The lowest BCUT2D eigenvalue weighted by molar-refractivity contribution is -0.127. The predicted molar refractivity (Wildman–Crippen MR) is 135 cm³/mol.